The number of rotatable bonds is 5. The Morgan fingerprint density at radius 3 is 2.29 bits per heavy atom. The molecule has 116 valence electrons. The van der Waals surface area contributed by atoms with Crippen molar-refractivity contribution in [2.24, 2.45) is 5.92 Å². The van der Waals surface area contributed by atoms with Crippen LogP contribution in [0.2, 0.25) is 0 Å². The fraction of sp³-hybridized carbons (Fsp3) is 0.611. The molecule has 2 rings (SSSR count). The highest BCUT2D eigenvalue weighted by molar-refractivity contribution is 5.94. The average Bonchev–Trinajstić information content (AvgIpc) is 2.48. The minimum absolute atomic E-state index is 0.00000369. The molecular weight excluding hydrogens is 260 g/mol. The molecule has 21 heavy (non-hydrogen) atoms. The SMILES string of the molecule is CCC1CCC(Nc2ccc(C(=O)NC(C)C)cc2)CC1. The molecule has 1 aliphatic rings. The highest BCUT2D eigenvalue weighted by Gasteiger charge is 2.19. The molecule has 2 N–H and O–H groups in total. The molecule has 0 saturated heterocycles. The van der Waals surface area contributed by atoms with Crippen LogP contribution in [0.25, 0.3) is 0 Å². The molecule has 3 heteroatoms. The molecular formula is C18H28N2O. The number of nitrogens with one attached hydrogen (secondary N) is 2. The molecule has 0 bridgehead atoms. The fourth-order valence-corrected chi connectivity index (χ4v) is 3.01. The van der Waals surface area contributed by atoms with Gasteiger partial charge in [-0.05, 0) is 69.7 Å². The van der Waals surface area contributed by atoms with Crippen molar-refractivity contribution in [3.63, 3.8) is 0 Å². The second kappa shape index (κ2) is 7.48. The van der Waals surface area contributed by atoms with Gasteiger partial charge in [-0.1, -0.05) is 13.3 Å². The maximum Gasteiger partial charge on any atom is 0.251 e. The average molecular weight is 288 g/mol. The van der Waals surface area contributed by atoms with Crippen LogP contribution in [0, 0.1) is 5.92 Å². The summed E-state index contributed by atoms with van der Waals surface area (Å²) in [5, 5.41) is 6.51. The zero-order valence-electron chi connectivity index (χ0n) is 13.5. The van der Waals surface area contributed by atoms with E-state index < -0.39 is 0 Å². The van der Waals surface area contributed by atoms with Crippen LogP contribution in [0.15, 0.2) is 24.3 Å². The summed E-state index contributed by atoms with van der Waals surface area (Å²) in [6, 6.07) is 8.59. The molecule has 0 aliphatic heterocycles. The lowest BCUT2D eigenvalue weighted by Gasteiger charge is -2.29. The lowest BCUT2D eigenvalue weighted by molar-refractivity contribution is 0.0943. The smallest absolute Gasteiger partial charge is 0.251 e. The standard InChI is InChI=1S/C18H28N2O/c1-4-14-5-9-16(10-6-14)20-17-11-7-15(8-12-17)18(21)19-13(2)3/h7-8,11-14,16,20H,4-6,9-10H2,1-3H3,(H,19,21). The molecule has 0 aromatic heterocycles. The maximum atomic E-state index is 11.9. The van der Waals surface area contributed by atoms with E-state index in [1.807, 2.05) is 38.1 Å². The summed E-state index contributed by atoms with van der Waals surface area (Å²) < 4.78 is 0. The zero-order chi connectivity index (χ0) is 15.2. The van der Waals surface area contributed by atoms with Crippen LogP contribution in [0.3, 0.4) is 0 Å². The van der Waals surface area contributed by atoms with Crippen molar-refractivity contribution < 1.29 is 4.79 Å². The van der Waals surface area contributed by atoms with Crippen LogP contribution < -0.4 is 10.6 Å². The van der Waals surface area contributed by atoms with Gasteiger partial charge in [0.05, 0.1) is 0 Å². The third kappa shape index (κ3) is 4.76. The van der Waals surface area contributed by atoms with Gasteiger partial charge in [0, 0.05) is 23.3 Å². The number of benzene rings is 1. The molecule has 1 saturated carbocycles. The number of carbonyl (C=O) groups is 1. The van der Waals surface area contributed by atoms with Crippen molar-refractivity contribution in [3.05, 3.63) is 29.8 Å². The Bertz CT molecular complexity index is 445. The molecule has 1 aromatic carbocycles. The Balaban J connectivity index is 1.86. The fourth-order valence-electron chi connectivity index (χ4n) is 3.01. The molecule has 1 fully saturated rings. The second-order valence-electron chi connectivity index (χ2n) is 6.48. The molecule has 0 heterocycles. The van der Waals surface area contributed by atoms with Gasteiger partial charge in [-0.25, -0.2) is 0 Å². The van der Waals surface area contributed by atoms with E-state index in [1.54, 1.807) is 0 Å². The van der Waals surface area contributed by atoms with Gasteiger partial charge in [0.2, 0.25) is 0 Å². The van der Waals surface area contributed by atoms with Gasteiger partial charge in [0.15, 0.2) is 0 Å². The predicted molar refractivity (Wildman–Crippen MR) is 88.7 cm³/mol. The van der Waals surface area contributed by atoms with Gasteiger partial charge in [-0.2, -0.15) is 0 Å². The Morgan fingerprint density at radius 1 is 1.14 bits per heavy atom. The Morgan fingerprint density at radius 2 is 1.76 bits per heavy atom. The third-order valence-corrected chi connectivity index (χ3v) is 4.36. The van der Waals surface area contributed by atoms with Gasteiger partial charge in [-0.3, -0.25) is 4.79 Å². The molecule has 0 radical (unpaired) electrons. The van der Waals surface area contributed by atoms with E-state index in [0.717, 1.165) is 17.2 Å². The summed E-state index contributed by atoms with van der Waals surface area (Å²) >= 11 is 0. The van der Waals surface area contributed by atoms with Crippen molar-refractivity contribution in [3.8, 4) is 0 Å². The number of carbonyl (C=O) groups excluding carboxylic acids is 1. The van der Waals surface area contributed by atoms with E-state index in [4.69, 9.17) is 0 Å². The zero-order valence-corrected chi connectivity index (χ0v) is 13.5. The summed E-state index contributed by atoms with van der Waals surface area (Å²) in [7, 11) is 0. The lowest BCUT2D eigenvalue weighted by atomic mass is 9.84. The van der Waals surface area contributed by atoms with Gasteiger partial charge in [0.1, 0.15) is 0 Å². The van der Waals surface area contributed by atoms with Crippen LogP contribution in [-0.2, 0) is 0 Å². The third-order valence-electron chi connectivity index (χ3n) is 4.36. The largest absolute Gasteiger partial charge is 0.382 e. The van der Waals surface area contributed by atoms with E-state index in [0.29, 0.717) is 6.04 Å². The van der Waals surface area contributed by atoms with Crippen LogP contribution in [0.4, 0.5) is 5.69 Å². The minimum Gasteiger partial charge on any atom is -0.382 e. The lowest BCUT2D eigenvalue weighted by Crippen LogP contribution is -2.30. The Hall–Kier alpha value is -1.51. The molecule has 1 aliphatic carbocycles. The first-order valence-corrected chi connectivity index (χ1v) is 8.26. The maximum absolute atomic E-state index is 11.9. The van der Waals surface area contributed by atoms with Crippen molar-refractivity contribution in [2.45, 2.75) is 65.0 Å². The van der Waals surface area contributed by atoms with E-state index >= 15 is 0 Å². The first kappa shape index (κ1) is 15.9. The van der Waals surface area contributed by atoms with Crippen molar-refractivity contribution in [1.82, 2.24) is 5.32 Å². The van der Waals surface area contributed by atoms with Crippen LogP contribution >= 0.6 is 0 Å². The summed E-state index contributed by atoms with van der Waals surface area (Å²) in [4.78, 5) is 11.9. The van der Waals surface area contributed by atoms with Gasteiger partial charge >= 0.3 is 0 Å². The number of hydrogen-bond donors (Lipinski definition) is 2. The van der Waals surface area contributed by atoms with Gasteiger partial charge in [-0.15, -0.1) is 0 Å². The molecule has 1 amide bonds. The molecule has 0 unspecified atom stereocenters. The summed E-state index contributed by atoms with van der Waals surface area (Å²) in [6.45, 7) is 6.24. The second-order valence-corrected chi connectivity index (χ2v) is 6.48. The van der Waals surface area contributed by atoms with Crippen LogP contribution in [0.5, 0.6) is 0 Å². The topological polar surface area (TPSA) is 41.1 Å². The summed E-state index contributed by atoms with van der Waals surface area (Å²) in [5.41, 5.74) is 1.85. The minimum atomic E-state index is 0.00000369. The Labute approximate surface area is 128 Å². The van der Waals surface area contributed by atoms with Gasteiger partial charge < -0.3 is 10.6 Å². The number of anilines is 1. The van der Waals surface area contributed by atoms with Crippen LogP contribution in [0.1, 0.15) is 63.2 Å². The summed E-state index contributed by atoms with van der Waals surface area (Å²) in [5.74, 6) is 0.921. The normalized spacial score (nSPS) is 22.1. The van der Waals surface area contributed by atoms with E-state index in [2.05, 4.69) is 17.6 Å². The van der Waals surface area contributed by atoms with Crippen molar-refractivity contribution in [1.29, 1.82) is 0 Å². The summed E-state index contributed by atoms with van der Waals surface area (Å²) in [6.07, 6.45) is 6.50. The van der Waals surface area contributed by atoms with Crippen molar-refractivity contribution in [2.75, 3.05) is 5.32 Å². The molecule has 3 nitrogen and oxygen atoms in total. The number of hydrogen-bond acceptors (Lipinski definition) is 2. The van der Waals surface area contributed by atoms with Crippen molar-refractivity contribution >= 4 is 11.6 Å². The molecule has 1 aromatic rings. The molecule has 0 atom stereocenters. The monoisotopic (exact) mass is 288 g/mol. The molecule has 0 spiro atoms. The van der Waals surface area contributed by atoms with E-state index in [1.165, 1.54) is 32.1 Å². The Kier molecular flexibility index (Phi) is 5.66. The van der Waals surface area contributed by atoms with Gasteiger partial charge in [0.25, 0.3) is 5.91 Å². The van der Waals surface area contributed by atoms with Crippen LogP contribution in [-0.4, -0.2) is 18.0 Å². The highest BCUT2D eigenvalue weighted by Crippen LogP contribution is 2.28. The number of amides is 1. The predicted octanol–water partition coefficient (Wildman–Crippen LogP) is 4.21. The highest BCUT2D eigenvalue weighted by atomic mass is 16.1. The van der Waals surface area contributed by atoms with E-state index in [-0.39, 0.29) is 11.9 Å². The van der Waals surface area contributed by atoms with E-state index in [9.17, 15) is 4.79 Å². The first-order chi connectivity index (χ1) is 10.1. The quantitative estimate of drug-likeness (QED) is 0.852. The first-order valence-electron chi connectivity index (χ1n) is 8.26.